The molecule has 12 nitrogen and oxygen atoms in total. The van der Waals surface area contributed by atoms with Gasteiger partial charge in [-0.05, 0) is 94.7 Å². The van der Waals surface area contributed by atoms with E-state index in [0.29, 0.717) is 22.9 Å². The predicted octanol–water partition coefficient (Wildman–Crippen LogP) is 7.09. The number of nitrogens with zero attached hydrogens (tertiary/aromatic N) is 2. The van der Waals surface area contributed by atoms with Crippen LogP contribution in [0.1, 0.15) is 122 Å². The summed E-state index contributed by atoms with van der Waals surface area (Å²) < 4.78 is 71.2. The minimum absolute atomic E-state index is 0.0109. The molecule has 4 aromatic rings. The van der Waals surface area contributed by atoms with Gasteiger partial charge in [-0.15, -0.1) is 0 Å². The number of nitrogens with one attached hydrogen (secondary N) is 3. The molecule has 61 heavy (non-hydrogen) atoms. The largest absolute Gasteiger partial charge is 0.444 e. The molecular formula is C45H62F4N6O6. The summed E-state index contributed by atoms with van der Waals surface area (Å²) in [5.74, 6) is 0.0161. The molecule has 2 fully saturated rings. The van der Waals surface area contributed by atoms with E-state index in [1.165, 1.54) is 24.3 Å². The van der Waals surface area contributed by atoms with Gasteiger partial charge in [0.15, 0.2) is 0 Å². The van der Waals surface area contributed by atoms with E-state index in [1.54, 1.807) is 33.2 Å². The van der Waals surface area contributed by atoms with E-state index in [0.717, 1.165) is 49.3 Å². The third kappa shape index (κ3) is 13.6. The fourth-order valence-electron chi connectivity index (χ4n) is 6.62. The van der Waals surface area contributed by atoms with E-state index in [-0.39, 0.29) is 42.3 Å². The quantitative estimate of drug-likeness (QED) is 0.0673. The summed E-state index contributed by atoms with van der Waals surface area (Å²) in [5, 5.41) is 30.6. The van der Waals surface area contributed by atoms with E-state index < -0.39 is 64.8 Å². The van der Waals surface area contributed by atoms with E-state index in [9.17, 15) is 32.6 Å². The molecular weight excluding hydrogens is 797 g/mol. The molecule has 2 saturated carbocycles. The molecule has 2 aromatic heterocycles. The van der Waals surface area contributed by atoms with Crippen LogP contribution in [0.4, 0.5) is 22.4 Å². The minimum atomic E-state index is -1.08. The lowest BCUT2D eigenvalue weighted by Gasteiger charge is -2.28. The third-order valence-corrected chi connectivity index (χ3v) is 10.5. The van der Waals surface area contributed by atoms with Crippen LogP contribution in [0.2, 0.25) is 0 Å². The number of benzene rings is 2. The number of hydrogen-bond acceptors (Lipinski definition) is 11. The fraction of sp³-hybridized carbons (Fsp3) is 0.578. The average Bonchev–Trinajstić information content (AvgIpc) is 3.95. The van der Waals surface area contributed by atoms with Gasteiger partial charge in [0, 0.05) is 42.1 Å². The van der Waals surface area contributed by atoms with Crippen molar-refractivity contribution in [2.24, 2.45) is 5.73 Å². The monoisotopic (exact) mass is 858 g/mol. The number of hydrogen-bond donors (Lipinski definition) is 6. The van der Waals surface area contributed by atoms with Crippen LogP contribution in [0, 0.1) is 23.3 Å². The van der Waals surface area contributed by atoms with Crippen molar-refractivity contribution in [3.05, 3.63) is 106 Å². The first kappa shape index (κ1) is 47.7. The molecule has 16 heteroatoms. The Bertz CT molecular complexity index is 2060. The number of rotatable bonds is 15. The molecule has 2 aromatic carbocycles. The summed E-state index contributed by atoms with van der Waals surface area (Å²) >= 11 is 0. The Kier molecular flexibility index (Phi) is 14.5. The molecule has 0 aliphatic heterocycles. The van der Waals surface area contributed by atoms with Crippen LogP contribution in [0.5, 0.6) is 0 Å². The summed E-state index contributed by atoms with van der Waals surface area (Å²) in [6.07, 6.45) is 4.32. The zero-order chi connectivity index (χ0) is 45.1. The zero-order valence-electron chi connectivity index (χ0n) is 36.6. The number of amides is 1. The molecule has 336 valence electrons. The van der Waals surface area contributed by atoms with Gasteiger partial charge in [-0.3, -0.25) is 0 Å². The highest BCUT2D eigenvalue weighted by atomic mass is 19.1. The normalized spacial score (nSPS) is 17.7. The van der Waals surface area contributed by atoms with Gasteiger partial charge in [-0.25, -0.2) is 32.3 Å². The Balaban J connectivity index is 0.000000237. The van der Waals surface area contributed by atoms with Gasteiger partial charge in [0.2, 0.25) is 11.8 Å². The number of aromatic nitrogens is 2. The van der Waals surface area contributed by atoms with Gasteiger partial charge in [0.25, 0.3) is 0 Å². The molecule has 0 saturated heterocycles. The average molecular weight is 859 g/mol. The first-order valence-corrected chi connectivity index (χ1v) is 20.7. The van der Waals surface area contributed by atoms with Gasteiger partial charge < -0.3 is 45.5 Å². The van der Waals surface area contributed by atoms with E-state index in [1.807, 2.05) is 20.8 Å². The molecule has 0 spiro atoms. The number of aliphatic hydroxyl groups excluding tert-OH is 2. The second-order valence-electron chi connectivity index (χ2n) is 19.5. The summed E-state index contributed by atoms with van der Waals surface area (Å²) in [5.41, 5.74) is 4.87. The first-order chi connectivity index (χ1) is 28.3. The molecule has 0 radical (unpaired) electrons. The Morgan fingerprint density at radius 1 is 0.705 bits per heavy atom. The van der Waals surface area contributed by atoms with Crippen LogP contribution in [0.25, 0.3) is 0 Å². The fourth-order valence-corrected chi connectivity index (χ4v) is 6.62. The van der Waals surface area contributed by atoms with E-state index >= 15 is 0 Å². The van der Waals surface area contributed by atoms with Crippen molar-refractivity contribution in [3.8, 4) is 0 Å². The Hall–Kier alpha value is -4.35. The highest BCUT2D eigenvalue weighted by Crippen LogP contribution is 2.46. The van der Waals surface area contributed by atoms with Crippen molar-refractivity contribution < 1.29 is 46.1 Å². The first-order valence-electron chi connectivity index (χ1n) is 20.7. The maximum absolute atomic E-state index is 13.7. The number of aliphatic hydroxyl groups is 2. The summed E-state index contributed by atoms with van der Waals surface area (Å²) in [4.78, 5) is 21.2. The third-order valence-electron chi connectivity index (χ3n) is 10.5. The lowest BCUT2D eigenvalue weighted by molar-refractivity contribution is 0.0417. The SMILES string of the molecule is CC(C)(C)OC(=O)NC(Cc1cc(F)cc(F)c1)C(O)CNC1(c2ncc(C(C)(C)C)o2)CC1.CC(C)(C)c1cnc(C2(NCC(O)C(N)Cc3cc(F)cc(F)c3)CC2)o1. The summed E-state index contributed by atoms with van der Waals surface area (Å²) in [6, 6.07) is 4.89. The standard InChI is InChI=1S/C25H35F2N3O4.C20H27F2N3O2/c1-23(2,3)20-14-28-21(33-20)25(7-8-25)29-13-19(31)18(30-22(32)34-24(4,5)6)11-15-9-16(26)12-17(27)10-15;1-19(2,3)17-11-24-18(27-17)20(4-5-20)25-10-16(26)15(23)8-12-6-13(21)9-14(22)7-12/h9-10,12,14,18-19,29,31H,7-8,11,13H2,1-6H3,(H,30,32);6-7,9,11,15-16,25-26H,4-5,8,10,23H2,1-3H3. The van der Waals surface area contributed by atoms with Crippen molar-refractivity contribution in [1.82, 2.24) is 25.9 Å². The van der Waals surface area contributed by atoms with Gasteiger partial charge in [-0.1, -0.05) is 41.5 Å². The Morgan fingerprint density at radius 3 is 1.46 bits per heavy atom. The molecule has 7 N–H and O–H groups in total. The maximum atomic E-state index is 13.7. The minimum Gasteiger partial charge on any atom is -0.444 e. The molecule has 2 aliphatic carbocycles. The number of alkyl carbamates (subject to hydrolysis) is 1. The van der Waals surface area contributed by atoms with Crippen LogP contribution in [-0.2, 0) is 39.5 Å². The van der Waals surface area contributed by atoms with Crippen molar-refractivity contribution >= 4 is 6.09 Å². The predicted molar refractivity (Wildman–Crippen MR) is 222 cm³/mol. The Labute approximate surface area is 355 Å². The molecule has 2 heterocycles. The van der Waals surface area contributed by atoms with Crippen LogP contribution >= 0.6 is 0 Å². The molecule has 6 rings (SSSR count). The van der Waals surface area contributed by atoms with Gasteiger partial charge in [-0.2, -0.15) is 0 Å². The number of carbonyl (C=O) groups excluding carboxylic acids is 1. The Morgan fingerprint density at radius 2 is 1.10 bits per heavy atom. The van der Waals surface area contributed by atoms with E-state index in [2.05, 4.69) is 46.7 Å². The topological polar surface area (TPSA) is 181 Å². The smallest absolute Gasteiger partial charge is 0.407 e. The highest BCUT2D eigenvalue weighted by Gasteiger charge is 2.50. The molecule has 1 amide bonds. The second kappa shape index (κ2) is 18.6. The highest BCUT2D eigenvalue weighted by molar-refractivity contribution is 5.68. The van der Waals surface area contributed by atoms with Gasteiger partial charge >= 0.3 is 6.09 Å². The molecule has 4 atom stereocenters. The van der Waals surface area contributed by atoms with Crippen LogP contribution in [0.15, 0.2) is 57.6 Å². The number of ether oxygens (including phenoxy) is 1. The molecule has 4 unspecified atom stereocenters. The van der Waals surface area contributed by atoms with Gasteiger partial charge in [0.1, 0.15) is 40.4 Å². The van der Waals surface area contributed by atoms with Crippen LogP contribution in [0.3, 0.4) is 0 Å². The number of carbonyl (C=O) groups is 1. The zero-order valence-corrected chi connectivity index (χ0v) is 36.6. The summed E-state index contributed by atoms with van der Waals surface area (Å²) in [6.45, 7) is 17.8. The number of oxazole rings is 2. The number of halogens is 4. The van der Waals surface area contributed by atoms with Gasteiger partial charge in [0.05, 0.1) is 41.7 Å². The van der Waals surface area contributed by atoms with Crippen molar-refractivity contribution in [1.29, 1.82) is 0 Å². The van der Waals surface area contributed by atoms with Crippen molar-refractivity contribution in [2.45, 2.75) is 153 Å². The molecule has 0 bridgehead atoms. The lowest BCUT2D eigenvalue weighted by atomic mass is 9.94. The second-order valence-corrected chi connectivity index (χ2v) is 19.5. The van der Waals surface area contributed by atoms with Crippen LogP contribution < -0.4 is 21.7 Å². The van der Waals surface area contributed by atoms with Crippen molar-refractivity contribution in [3.63, 3.8) is 0 Å². The van der Waals surface area contributed by atoms with Crippen LogP contribution in [-0.4, -0.2) is 69.3 Å². The lowest BCUT2D eigenvalue weighted by Crippen LogP contribution is -2.51. The summed E-state index contributed by atoms with van der Waals surface area (Å²) in [7, 11) is 0. The maximum Gasteiger partial charge on any atom is 0.407 e. The number of nitrogens with two attached hydrogens (primary N) is 1. The van der Waals surface area contributed by atoms with Crippen molar-refractivity contribution in [2.75, 3.05) is 13.1 Å². The van der Waals surface area contributed by atoms with E-state index in [4.69, 9.17) is 19.3 Å². The molecule has 2 aliphatic rings.